The number of piperidine rings is 1. The minimum absolute atomic E-state index is 0.368. The van der Waals surface area contributed by atoms with Gasteiger partial charge in [0.2, 0.25) is 0 Å². The lowest BCUT2D eigenvalue weighted by Crippen LogP contribution is -2.27. The SMILES string of the molecule is Clc1ccccc1-c1cn[nH]c1C1CCCCN1. The molecule has 1 aromatic carbocycles. The summed E-state index contributed by atoms with van der Waals surface area (Å²) < 4.78 is 0. The lowest BCUT2D eigenvalue weighted by Gasteiger charge is -2.23. The lowest BCUT2D eigenvalue weighted by atomic mass is 9.96. The summed E-state index contributed by atoms with van der Waals surface area (Å²) in [6, 6.07) is 8.28. The number of benzene rings is 1. The van der Waals surface area contributed by atoms with Crippen molar-refractivity contribution in [1.82, 2.24) is 15.5 Å². The molecule has 2 N–H and O–H groups in total. The first-order valence-electron chi connectivity index (χ1n) is 6.38. The molecule has 3 nitrogen and oxygen atoms in total. The lowest BCUT2D eigenvalue weighted by molar-refractivity contribution is 0.405. The van der Waals surface area contributed by atoms with E-state index in [1.54, 1.807) is 0 Å². The van der Waals surface area contributed by atoms with Gasteiger partial charge < -0.3 is 5.32 Å². The van der Waals surface area contributed by atoms with Gasteiger partial charge >= 0.3 is 0 Å². The van der Waals surface area contributed by atoms with E-state index in [-0.39, 0.29) is 0 Å². The van der Waals surface area contributed by atoms with Crippen molar-refractivity contribution in [2.45, 2.75) is 25.3 Å². The predicted octanol–water partition coefficient (Wildman–Crippen LogP) is 3.54. The van der Waals surface area contributed by atoms with Gasteiger partial charge in [0.15, 0.2) is 0 Å². The summed E-state index contributed by atoms with van der Waals surface area (Å²) in [6.07, 6.45) is 5.54. The van der Waals surface area contributed by atoms with Gasteiger partial charge in [-0.05, 0) is 25.5 Å². The molecule has 1 atom stereocenters. The van der Waals surface area contributed by atoms with Gasteiger partial charge in [-0.2, -0.15) is 5.10 Å². The van der Waals surface area contributed by atoms with Gasteiger partial charge in [0.1, 0.15) is 0 Å². The standard InChI is InChI=1S/C14H16ClN3/c15-12-6-2-1-5-10(12)11-9-17-18-14(11)13-7-3-4-8-16-13/h1-2,5-6,9,13,16H,3-4,7-8H2,(H,17,18). The van der Waals surface area contributed by atoms with Gasteiger partial charge in [0, 0.05) is 22.2 Å². The Kier molecular flexibility index (Phi) is 3.35. The zero-order chi connectivity index (χ0) is 12.4. The molecule has 0 bridgehead atoms. The van der Waals surface area contributed by atoms with Crippen LogP contribution in [0.3, 0.4) is 0 Å². The molecule has 1 fully saturated rings. The number of aromatic amines is 1. The van der Waals surface area contributed by atoms with E-state index in [9.17, 15) is 0 Å². The van der Waals surface area contributed by atoms with Gasteiger partial charge in [-0.3, -0.25) is 5.10 Å². The highest BCUT2D eigenvalue weighted by Crippen LogP contribution is 2.34. The van der Waals surface area contributed by atoms with Gasteiger partial charge in [0.25, 0.3) is 0 Å². The third kappa shape index (κ3) is 2.16. The zero-order valence-electron chi connectivity index (χ0n) is 10.1. The number of H-pyrrole nitrogens is 1. The highest BCUT2D eigenvalue weighted by Gasteiger charge is 2.21. The third-order valence-electron chi connectivity index (χ3n) is 3.49. The molecule has 0 saturated carbocycles. The summed E-state index contributed by atoms with van der Waals surface area (Å²) >= 11 is 6.26. The summed E-state index contributed by atoms with van der Waals surface area (Å²) in [6.45, 7) is 1.08. The van der Waals surface area contributed by atoms with Crippen molar-refractivity contribution in [3.8, 4) is 11.1 Å². The number of hydrogen-bond donors (Lipinski definition) is 2. The zero-order valence-corrected chi connectivity index (χ0v) is 10.9. The Bertz CT molecular complexity index is 529. The highest BCUT2D eigenvalue weighted by atomic mass is 35.5. The van der Waals surface area contributed by atoms with Crippen LogP contribution >= 0.6 is 11.6 Å². The summed E-state index contributed by atoms with van der Waals surface area (Å²) in [7, 11) is 0. The van der Waals surface area contributed by atoms with Crippen molar-refractivity contribution in [2.24, 2.45) is 0 Å². The third-order valence-corrected chi connectivity index (χ3v) is 3.82. The Hall–Kier alpha value is -1.32. The van der Waals surface area contributed by atoms with Crippen molar-refractivity contribution in [3.05, 3.63) is 41.2 Å². The van der Waals surface area contributed by atoms with Gasteiger partial charge in [-0.1, -0.05) is 36.2 Å². The van der Waals surface area contributed by atoms with Gasteiger partial charge in [0.05, 0.1) is 11.9 Å². The van der Waals surface area contributed by atoms with E-state index < -0.39 is 0 Å². The fraction of sp³-hybridized carbons (Fsp3) is 0.357. The van der Waals surface area contributed by atoms with E-state index in [2.05, 4.69) is 15.5 Å². The summed E-state index contributed by atoms with van der Waals surface area (Å²) in [5, 5.41) is 11.6. The Morgan fingerprint density at radius 3 is 2.83 bits per heavy atom. The van der Waals surface area contributed by atoms with Gasteiger partial charge in [-0.15, -0.1) is 0 Å². The second-order valence-corrected chi connectivity index (χ2v) is 5.09. The molecule has 1 saturated heterocycles. The molecular formula is C14H16ClN3. The molecular weight excluding hydrogens is 246 g/mol. The van der Waals surface area contributed by atoms with Crippen LogP contribution in [-0.4, -0.2) is 16.7 Å². The summed E-state index contributed by atoms with van der Waals surface area (Å²) in [5.41, 5.74) is 3.32. The van der Waals surface area contributed by atoms with Crippen molar-refractivity contribution in [2.75, 3.05) is 6.54 Å². The van der Waals surface area contributed by atoms with E-state index in [0.29, 0.717) is 6.04 Å². The van der Waals surface area contributed by atoms with E-state index in [4.69, 9.17) is 11.6 Å². The number of nitrogens with zero attached hydrogens (tertiary/aromatic N) is 1. The Morgan fingerprint density at radius 1 is 1.17 bits per heavy atom. The van der Waals surface area contributed by atoms with Crippen LogP contribution in [0.1, 0.15) is 31.0 Å². The first-order chi connectivity index (χ1) is 8.86. The van der Waals surface area contributed by atoms with Crippen molar-refractivity contribution < 1.29 is 0 Å². The molecule has 2 heterocycles. The van der Waals surface area contributed by atoms with Crippen LogP contribution in [0.4, 0.5) is 0 Å². The smallest absolute Gasteiger partial charge is 0.0600 e. The van der Waals surface area contributed by atoms with Crippen molar-refractivity contribution in [1.29, 1.82) is 0 Å². The summed E-state index contributed by atoms with van der Waals surface area (Å²) in [5.74, 6) is 0. The largest absolute Gasteiger partial charge is 0.309 e. The highest BCUT2D eigenvalue weighted by molar-refractivity contribution is 6.33. The first-order valence-corrected chi connectivity index (χ1v) is 6.75. The summed E-state index contributed by atoms with van der Waals surface area (Å²) in [4.78, 5) is 0. The van der Waals surface area contributed by atoms with E-state index >= 15 is 0 Å². The topological polar surface area (TPSA) is 40.7 Å². The van der Waals surface area contributed by atoms with Crippen LogP contribution in [0.5, 0.6) is 0 Å². The molecule has 3 rings (SSSR count). The Morgan fingerprint density at radius 2 is 2.06 bits per heavy atom. The number of aromatic nitrogens is 2. The number of rotatable bonds is 2. The second-order valence-electron chi connectivity index (χ2n) is 4.68. The van der Waals surface area contributed by atoms with Crippen molar-refractivity contribution >= 4 is 11.6 Å². The van der Waals surface area contributed by atoms with E-state index in [1.807, 2.05) is 30.5 Å². The molecule has 1 aliphatic rings. The molecule has 18 heavy (non-hydrogen) atoms. The molecule has 1 aliphatic heterocycles. The Labute approximate surface area is 112 Å². The molecule has 0 radical (unpaired) electrons. The molecule has 0 aliphatic carbocycles. The quantitative estimate of drug-likeness (QED) is 0.868. The first kappa shape index (κ1) is 11.8. The molecule has 0 spiro atoms. The predicted molar refractivity (Wildman–Crippen MR) is 73.6 cm³/mol. The van der Waals surface area contributed by atoms with Crippen LogP contribution < -0.4 is 5.32 Å². The number of halogens is 1. The maximum atomic E-state index is 6.26. The maximum absolute atomic E-state index is 6.26. The van der Waals surface area contributed by atoms with E-state index in [0.717, 1.165) is 34.8 Å². The molecule has 94 valence electrons. The molecule has 1 unspecified atom stereocenters. The molecule has 2 aromatic rings. The van der Waals surface area contributed by atoms with Gasteiger partial charge in [-0.25, -0.2) is 0 Å². The monoisotopic (exact) mass is 261 g/mol. The second kappa shape index (κ2) is 5.12. The minimum Gasteiger partial charge on any atom is -0.309 e. The number of nitrogens with one attached hydrogen (secondary N) is 2. The maximum Gasteiger partial charge on any atom is 0.0600 e. The fourth-order valence-corrected chi connectivity index (χ4v) is 2.79. The number of hydrogen-bond acceptors (Lipinski definition) is 2. The van der Waals surface area contributed by atoms with Crippen molar-refractivity contribution in [3.63, 3.8) is 0 Å². The molecule has 4 heteroatoms. The average molecular weight is 262 g/mol. The van der Waals surface area contributed by atoms with Crippen LogP contribution in [0, 0.1) is 0 Å². The molecule has 0 amide bonds. The van der Waals surface area contributed by atoms with Crippen LogP contribution in [0.25, 0.3) is 11.1 Å². The minimum atomic E-state index is 0.368. The normalized spacial score (nSPS) is 19.9. The average Bonchev–Trinajstić information content (AvgIpc) is 2.89. The Balaban J connectivity index is 1.98. The molecule has 1 aromatic heterocycles. The van der Waals surface area contributed by atoms with Crippen LogP contribution in [-0.2, 0) is 0 Å². The van der Waals surface area contributed by atoms with Crippen LogP contribution in [0.15, 0.2) is 30.5 Å². The van der Waals surface area contributed by atoms with Crippen LogP contribution in [0.2, 0.25) is 5.02 Å². The fourth-order valence-electron chi connectivity index (χ4n) is 2.55. The van der Waals surface area contributed by atoms with E-state index in [1.165, 1.54) is 12.8 Å².